The first-order chi connectivity index (χ1) is 19.5. The van der Waals surface area contributed by atoms with Crippen LogP contribution in [-0.4, -0.2) is 32.4 Å². The maximum Gasteiger partial charge on any atom is 0.251 e. The summed E-state index contributed by atoms with van der Waals surface area (Å²) in [5, 5.41) is 5.94. The van der Waals surface area contributed by atoms with E-state index >= 15 is 0 Å². The molecule has 7 nitrogen and oxygen atoms in total. The van der Waals surface area contributed by atoms with Crippen LogP contribution < -0.4 is 16.4 Å². The van der Waals surface area contributed by atoms with Gasteiger partial charge in [0.25, 0.3) is 5.91 Å². The first-order valence-electron chi connectivity index (χ1n) is 12.2. The molecule has 0 spiro atoms. The zero-order valence-electron chi connectivity index (χ0n) is 22.6. The zero-order valence-corrected chi connectivity index (χ0v) is 24.2. The molecule has 4 N–H and O–H groups in total. The number of hydrogen-bond acceptors (Lipinski definition) is 5. The maximum absolute atomic E-state index is 13.1. The zero-order chi connectivity index (χ0) is 29.9. The Morgan fingerprint density at radius 2 is 1.32 bits per heavy atom. The van der Waals surface area contributed by atoms with Gasteiger partial charge in [-0.3, -0.25) is 9.59 Å². The second-order valence-electron chi connectivity index (χ2n) is 8.09. The fourth-order valence-electron chi connectivity index (χ4n) is 3.81. The van der Waals surface area contributed by atoms with Crippen molar-refractivity contribution < 1.29 is 19.2 Å². The van der Waals surface area contributed by atoms with E-state index in [1.165, 1.54) is 12.6 Å². The number of carbonyl (C=O) groups is 4. The van der Waals surface area contributed by atoms with Crippen LogP contribution in [0.5, 0.6) is 0 Å². The van der Waals surface area contributed by atoms with Gasteiger partial charge in [0.1, 0.15) is 13.6 Å². The summed E-state index contributed by atoms with van der Waals surface area (Å²) in [5.41, 5.74) is 10.0. The molecule has 0 bridgehead atoms. The first-order valence-corrected chi connectivity index (χ1v) is 13.0. The van der Waals surface area contributed by atoms with Crippen LogP contribution in [-0.2, 0) is 14.4 Å². The molecule has 0 heterocycles. The second-order valence-corrected chi connectivity index (χ2v) is 9.00. The van der Waals surface area contributed by atoms with Crippen molar-refractivity contribution in [2.45, 2.75) is 19.4 Å². The third-order valence-corrected chi connectivity index (χ3v) is 6.16. The van der Waals surface area contributed by atoms with Gasteiger partial charge >= 0.3 is 0 Å². The molecule has 0 radical (unpaired) electrons. The highest BCUT2D eigenvalue weighted by Gasteiger charge is 2.19. The Bertz CT molecular complexity index is 1310. The van der Waals surface area contributed by atoms with E-state index in [9.17, 15) is 9.59 Å². The molecule has 0 aliphatic carbocycles. The first kappa shape index (κ1) is 33.6. The molecule has 4 rings (SSSR count). The van der Waals surface area contributed by atoms with Crippen LogP contribution in [0.3, 0.4) is 0 Å². The molecular formula is C32H34BrN3O4. The molecule has 1 atom stereocenters. The van der Waals surface area contributed by atoms with Crippen molar-refractivity contribution in [3.63, 3.8) is 0 Å². The van der Waals surface area contributed by atoms with Gasteiger partial charge in [-0.15, -0.1) is 0 Å². The van der Waals surface area contributed by atoms with E-state index in [-0.39, 0.29) is 18.2 Å². The highest BCUT2D eigenvalue weighted by molar-refractivity contribution is 9.10. The summed E-state index contributed by atoms with van der Waals surface area (Å²) in [4.78, 5) is 41.8. The van der Waals surface area contributed by atoms with Crippen molar-refractivity contribution in [1.29, 1.82) is 0 Å². The lowest BCUT2D eigenvalue weighted by Gasteiger charge is -2.19. The molecule has 1 unspecified atom stereocenters. The molecule has 2 amide bonds. The molecule has 4 aromatic carbocycles. The predicted molar refractivity (Wildman–Crippen MR) is 165 cm³/mol. The van der Waals surface area contributed by atoms with E-state index in [2.05, 4.69) is 51.4 Å². The molecule has 40 heavy (non-hydrogen) atoms. The predicted octanol–water partition coefficient (Wildman–Crippen LogP) is 6.13. The average molecular weight is 605 g/mol. The van der Waals surface area contributed by atoms with Gasteiger partial charge in [0.2, 0.25) is 5.91 Å². The van der Waals surface area contributed by atoms with Crippen LogP contribution in [0.2, 0.25) is 0 Å². The standard InChI is InChI=1S/C29H25BrN2O2.CH5N.2CH2O/c1-20-7-5-6-10-26(20)21-11-13-23(14-12-21)29(34)32-27(22-8-3-2-4-9-22)19-28(33)31-25-17-15-24(30)16-18-25;3*1-2/h2-18,27H,19H2,1H3,(H,31,33)(H,32,34);2H2,1H3;2*1H2. The smallest absolute Gasteiger partial charge is 0.251 e. The summed E-state index contributed by atoms with van der Waals surface area (Å²) in [6.07, 6.45) is 0.118. The van der Waals surface area contributed by atoms with Crippen molar-refractivity contribution in [1.82, 2.24) is 5.32 Å². The maximum atomic E-state index is 13.1. The van der Waals surface area contributed by atoms with Crippen molar-refractivity contribution >= 4 is 47.0 Å². The highest BCUT2D eigenvalue weighted by Crippen LogP contribution is 2.24. The Morgan fingerprint density at radius 1 is 0.775 bits per heavy atom. The monoisotopic (exact) mass is 603 g/mol. The van der Waals surface area contributed by atoms with Crippen LogP contribution >= 0.6 is 15.9 Å². The number of amides is 2. The Kier molecular flexibility index (Phi) is 15.8. The van der Waals surface area contributed by atoms with Crippen molar-refractivity contribution in [2.24, 2.45) is 5.73 Å². The van der Waals surface area contributed by atoms with Gasteiger partial charge in [-0.2, -0.15) is 0 Å². The number of rotatable bonds is 7. The molecule has 0 aromatic heterocycles. The molecule has 0 aliphatic rings. The Morgan fingerprint density at radius 3 is 1.90 bits per heavy atom. The minimum Gasteiger partial charge on any atom is -0.345 e. The quantitative estimate of drug-likeness (QED) is 0.235. The summed E-state index contributed by atoms with van der Waals surface area (Å²) in [7, 11) is 1.50. The van der Waals surface area contributed by atoms with Gasteiger partial charge in [0.15, 0.2) is 0 Å². The molecule has 0 fully saturated rings. The van der Waals surface area contributed by atoms with Crippen LogP contribution in [0.4, 0.5) is 5.69 Å². The van der Waals surface area contributed by atoms with E-state index in [4.69, 9.17) is 9.59 Å². The molecule has 8 heteroatoms. The van der Waals surface area contributed by atoms with Gasteiger partial charge in [0.05, 0.1) is 12.5 Å². The molecule has 208 valence electrons. The van der Waals surface area contributed by atoms with E-state index in [0.717, 1.165) is 21.2 Å². The lowest BCUT2D eigenvalue weighted by Crippen LogP contribution is -2.31. The van der Waals surface area contributed by atoms with Crippen LogP contribution in [0, 0.1) is 6.92 Å². The number of benzene rings is 4. The number of halogens is 1. The van der Waals surface area contributed by atoms with Gasteiger partial charge < -0.3 is 26.0 Å². The number of nitrogens with two attached hydrogens (primary N) is 1. The Hall–Kier alpha value is -4.40. The van der Waals surface area contributed by atoms with Crippen LogP contribution in [0.15, 0.2) is 108 Å². The summed E-state index contributed by atoms with van der Waals surface area (Å²) >= 11 is 3.39. The lowest BCUT2D eigenvalue weighted by atomic mass is 9.99. The normalized spacial score (nSPS) is 10.1. The van der Waals surface area contributed by atoms with Crippen LogP contribution in [0.1, 0.15) is 33.9 Å². The van der Waals surface area contributed by atoms with Crippen LogP contribution in [0.25, 0.3) is 11.1 Å². The number of aryl methyl sites for hydroxylation is 1. The largest absolute Gasteiger partial charge is 0.345 e. The van der Waals surface area contributed by atoms with Gasteiger partial charge in [-0.1, -0.05) is 82.7 Å². The highest BCUT2D eigenvalue weighted by atomic mass is 79.9. The fourth-order valence-corrected chi connectivity index (χ4v) is 4.07. The molecular weight excluding hydrogens is 570 g/mol. The summed E-state index contributed by atoms with van der Waals surface area (Å²) in [6, 6.07) is 32.2. The SMILES string of the molecule is C=O.C=O.CN.Cc1ccccc1-c1ccc(C(=O)NC(CC(=O)Nc2ccc(Br)cc2)c2ccccc2)cc1. The van der Waals surface area contributed by atoms with Gasteiger partial charge in [-0.25, -0.2) is 0 Å². The van der Waals surface area contributed by atoms with E-state index in [1.807, 2.05) is 105 Å². The van der Waals surface area contributed by atoms with Gasteiger partial charge in [0, 0.05) is 15.7 Å². The van der Waals surface area contributed by atoms with E-state index < -0.39 is 6.04 Å². The minimum absolute atomic E-state index is 0.118. The fraction of sp³-hybridized carbons (Fsp3) is 0.125. The van der Waals surface area contributed by atoms with Gasteiger partial charge in [-0.05, 0) is 72.6 Å². The average Bonchev–Trinajstić information content (AvgIpc) is 3.02. The number of hydrogen-bond donors (Lipinski definition) is 3. The lowest BCUT2D eigenvalue weighted by molar-refractivity contribution is -0.116. The third kappa shape index (κ3) is 10.4. The summed E-state index contributed by atoms with van der Waals surface area (Å²) in [5.74, 6) is -0.395. The third-order valence-electron chi connectivity index (χ3n) is 5.63. The molecule has 0 saturated heterocycles. The second kappa shape index (κ2) is 18.8. The van der Waals surface area contributed by atoms with Crippen molar-refractivity contribution in [2.75, 3.05) is 12.4 Å². The molecule has 0 saturated carbocycles. The molecule has 4 aromatic rings. The minimum atomic E-state index is -0.458. The molecule has 0 aliphatic heterocycles. The number of carbonyl (C=O) groups excluding carboxylic acids is 4. The summed E-state index contributed by atoms with van der Waals surface area (Å²) in [6.45, 7) is 6.07. The number of nitrogens with one attached hydrogen (secondary N) is 2. The van der Waals surface area contributed by atoms with E-state index in [1.54, 1.807) is 0 Å². The van der Waals surface area contributed by atoms with Crippen molar-refractivity contribution in [3.05, 3.63) is 124 Å². The Labute approximate surface area is 243 Å². The van der Waals surface area contributed by atoms with Crippen molar-refractivity contribution in [3.8, 4) is 11.1 Å². The summed E-state index contributed by atoms with van der Waals surface area (Å²) < 4.78 is 0.938. The number of anilines is 1. The topological polar surface area (TPSA) is 118 Å². The van der Waals surface area contributed by atoms with E-state index in [0.29, 0.717) is 11.3 Å². The Balaban J connectivity index is 0.00000125.